The number of hydrogen-bond acceptors (Lipinski definition) is 5. The molecule has 0 bridgehead atoms. The van der Waals surface area contributed by atoms with Crippen LogP contribution in [0.1, 0.15) is 36.0 Å². The van der Waals surface area contributed by atoms with Crippen molar-refractivity contribution in [1.29, 1.82) is 0 Å². The Balaban J connectivity index is 2.11. The number of ether oxygens (including phenoxy) is 1. The average molecular weight is 294 g/mol. The lowest BCUT2D eigenvalue weighted by atomic mass is 9.94. The molecule has 1 saturated carbocycles. The maximum Gasteiger partial charge on any atom is 0.340 e. The number of rotatable bonds is 4. The van der Waals surface area contributed by atoms with E-state index in [0.29, 0.717) is 22.5 Å². The van der Waals surface area contributed by atoms with Gasteiger partial charge in [-0.1, -0.05) is 12.5 Å². The van der Waals surface area contributed by atoms with Gasteiger partial charge in [0, 0.05) is 11.3 Å². The minimum Gasteiger partial charge on any atom is -0.465 e. The third-order valence-electron chi connectivity index (χ3n) is 3.83. The van der Waals surface area contributed by atoms with Crippen LogP contribution < -0.4 is 11.1 Å². The van der Waals surface area contributed by atoms with Gasteiger partial charge < -0.3 is 15.8 Å². The van der Waals surface area contributed by atoms with Gasteiger partial charge in [0.1, 0.15) is 0 Å². The monoisotopic (exact) mass is 294 g/mol. The fourth-order valence-corrected chi connectivity index (χ4v) is 3.52. The molecule has 0 amide bonds. The third-order valence-corrected chi connectivity index (χ3v) is 4.93. The highest BCUT2D eigenvalue weighted by atomic mass is 32.2. The normalized spacial score (nSPS) is 22.3. The highest BCUT2D eigenvalue weighted by molar-refractivity contribution is 7.99. The largest absolute Gasteiger partial charge is 0.465 e. The van der Waals surface area contributed by atoms with Gasteiger partial charge in [0.05, 0.1) is 24.0 Å². The molecular weight excluding hydrogens is 272 g/mol. The van der Waals surface area contributed by atoms with E-state index in [1.165, 1.54) is 20.0 Å². The molecule has 1 fully saturated rings. The van der Waals surface area contributed by atoms with Gasteiger partial charge in [-0.3, -0.25) is 0 Å². The smallest absolute Gasteiger partial charge is 0.340 e. The lowest BCUT2D eigenvalue weighted by Crippen LogP contribution is -2.29. The summed E-state index contributed by atoms with van der Waals surface area (Å²) in [6, 6.07) is 5.87. The van der Waals surface area contributed by atoms with Gasteiger partial charge in [-0.05, 0) is 37.7 Å². The molecule has 1 aromatic carbocycles. The third kappa shape index (κ3) is 3.39. The highest BCUT2D eigenvalue weighted by Crippen LogP contribution is 2.31. The molecule has 2 rings (SSSR count). The number of thioether (sulfide) groups is 1. The van der Waals surface area contributed by atoms with Crippen molar-refractivity contribution >= 4 is 29.1 Å². The van der Waals surface area contributed by atoms with Crippen molar-refractivity contribution in [1.82, 2.24) is 0 Å². The molecule has 2 unspecified atom stereocenters. The predicted octanol–water partition coefficient (Wildman–Crippen LogP) is 3.14. The first kappa shape index (κ1) is 15.0. The summed E-state index contributed by atoms with van der Waals surface area (Å²) in [4.78, 5) is 11.6. The Labute approximate surface area is 124 Å². The van der Waals surface area contributed by atoms with Crippen LogP contribution in [0.5, 0.6) is 0 Å². The van der Waals surface area contributed by atoms with Crippen molar-refractivity contribution in [2.75, 3.05) is 24.4 Å². The van der Waals surface area contributed by atoms with Crippen LogP contribution in [0.3, 0.4) is 0 Å². The number of para-hydroxylation sites is 1. The second-order valence-corrected chi connectivity index (χ2v) is 6.26. The SMILES string of the molecule is COC(=O)c1cccc(NC2CCCC(SC)C2)c1N. The number of benzene rings is 1. The van der Waals surface area contributed by atoms with Gasteiger partial charge in [-0.2, -0.15) is 11.8 Å². The molecule has 0 aromatic heterocycles. The number of anilines is 2. The van der Waals surface area contributed by atoms with E-state index in [9.17, 15) is 4.79 Å². The minimum absolute atomic E-state index is 0.392. The summed E-state index contributed by atoms with van der Waals surface area (Å²) < 4.78 is 4.75. The zero-order valence-corrected chi connectivity index (χ0v) is 12.8. The summed E-state index contributed by atoms with van der Waals surface area (Å²) in [6.45, 7) is 0. The van der Waals surface area contributed by atoms with Crippen LogP contribution in [0.25, 0.3) is 0 Å². The van der Waals surface area contributed by atoms with Crippen molar-refractivity contribution in [3.8, 4) is 0 Å². The number of nitrogens with two attached hydrogens (primary N) is 1. The average Bonchev–Trinajstić information content (AvgIpc) is 2.49. The van der Waals surface area contributed by atoms with Crippen molar-refractivity contribution in [2.24, 2.45) is 0 Å². The molecule has 0 radical (unpaired) electrons. The topological polar surface area (TPSA) is 64.3 Å². The Morgan fingerprint density at radius 2 is 2.25 bits per heavy atom. The van der Waals surface area contributed by atoms with E-state index in [1.807, 2.05) is 23.9 Å². The first-order chi connectivity index (χ1) is 9.65. The van der Waals surface area contributed by atoms with Crippen LogP contribution >= 0.6 is 11.8 Å². The summed E-state index contributed by atoms with van der Waals surface area (Å²) in [5.74, 6) is -0.392. The number of hydrogen-bond donors (Lipinski definition) is 2. The standard InChI is InChI=1S/C15H22N2O2S/c1-19-15(18)12-7-4-8-13(14(12)16)17-10-5-3-6-11(9-10)20-2/h4,7-8,10-11,17H,3,5-6,9,16H2,1-2H3. The Hall–Kier alpha value is -1.36. The van der Waals surface area contributed by atoms with E-state index in [0.717, 1.165) is 18.5 Å². The first-order valence-electron chi connectivity index (χ1n) is 6.91. The number of carbonyl (C=O) groups is 1. The highest BCUT2D eigenvalue weighted by Gasteiger charge is 2.22. The second kappa shape index (κ2) is 6.88. The van der Waals surface area contributed by atoms with Crippen molar-refractivity contribution in [3.05, 3.63) is 23.8 Å². The van der Waals surface area contributed by atoms with Crippen molar-refractivity contribution < 1.29 is 9.53 Å². The molecule has 0 heterocycles. The number of carbonyl (C=O) groups excluding carboxylic acids is 1. The fraction of sp³-hybridized carbons (Fsp3) is 0.533. The maximum absolute atomic E-state index is 11.6. The number of esters is 1. The van der Waals surface area contributed by atoms with Gasteiger partial charge in [-0.25, -0.2) is 4.79 Å². The summed E-state index contributed by atoms with van der Waals surface area (Å²) in [7, 11) is 1.37. The van der Waals surface area contributed by atoms with Gasteiger partial charge in [0.25, 0.3) is 0 Å². The molecule has 1 aromatic rings. The minimum atomic E-state index is -0.392. The number of nitrogen functional groups attached to an aromatic ring is 1. The van der Waals surface area contributed by atoms with E-state index in [4.69, 9.17) is 10.5 Å². The van der Waals surface area contributed by atoms with E-state index in [2.05, 4.69) is 11.6 Å². The van der Waals surface area contributed by atoms with Crippen LogP contribution in [0.2, 0.25) is 0 Å². The van der Waals surface area contributed by atoms with E-state index in [-0.39, 0.29) is 0 Å². The van der Waals surface area contributed by atoms with E-state index < -0.39 is 5.97 Å². The van der Waals surface area contributed by atoms with Crippen LogP contribution in [-0.4, -0.2) is 30.6 Å². The second-order valence-electron chi connectivity index (χ2n) is 5.12. The molecule has 3 N–H and O–H groups in total. The van der Waals surface area contributed by atoms with E-state index in [1.54, 1.807) is 6.07 Å². The lowest BCUT2D eigenvalue weighted by molar-refractivity contribution is 0.0602. The van der Waals surface area contributed by atoms with Gasteiger partial charge >= 0.3 is 5.97 Å². The van der Waals surface area contributed by atoms with Crippen molar-refractivity contribution in [2.45, 2.75) is 37.0 Å². The molecule has 1 aliphatic rings. The molecule has 0 spiro atoms. The molecule has 4 nitrogen and oxygen atoms in total. The van der Waals surface area contributed by atoms with Crippen LogP contribution in [0.4, 0.5) is 11.4 Å². The van der Waals surface area contributed by atoms with Crippen LogP contribution in [0, 0.1) is 0 Å². The molecule has 5 heteroatoms. The quantitative estimate of drug-likeness (QED) is 0.660. The predicted molar refractivity (Wildman–Crippen MR) is 85.4 cm³/mol. The van der Waals surface area contributed by atoms with Crippen molar-refractivity contribution in [3.63, 3.8) is 0 Å². The molecule has 2 atom stereocenters. The molecule has 0 saturated heterocycles. The van der Waals surface area contributed by atoms with Crippen LogP contribution in [0.15, 0.2) is 18.2 Å². The zero-order chi connectivity index (χ0) is 14.5. The summed E-state index contributed by atoms with van der Waals surface area (Å²) in [6.07, 6.45) is 6.98. The maximum atomic E-state index is 11.6. The Bertz CT molecular complexity index is 479. The Kier molecular flexibility index (Phi) is 5.17. The Morgan fingerprint density at radius 1 is 1.45 bits per heavy atom. The first-order valence-corrected chi connectivity index (χ1v) is 8.20. The summed E-state index contributed by atoms with van der Waals surface area (Å²) >= 11 is 1.93. The molecular formula is C15H22N2O2S. The summed E-state index contributed by atoms with van der Waals surface area (Å²) in [5.41, 5.74) is 7.81. The van der Waals surface area contributed by atoms with Gasteiger partial charge in [0.2, 0.25) is 0 Å². The zero-order valence-electron chi connectivity index (χ0n) is 12.0. The fourth-order valence-electron chi connectivity index (χ4n) is 2.69. The summed E-state index contributed by atoms with van der Waals surface area (Å²) in [5, 5.41) is 4.20. The Morgan fingerprint density at radius 3 is 2.95 bits per heavy atom. The number of nitrogens with one attached hydrogen (secondary N) is 1. The lowest BCUT2D eigenvalue weighted by Gasteiger charge is -2.30. The number of methoxy groups -OCH3 is 1. The van der Waals surface area contributed by atoms with Crippen LogP contribution in [-0.2, 0) is 4.74 Å². The molecule has 0 aliphatic heterocycles. The molecule has 1 aliphatic carbocycles. The molecule has 20 heavy (non-hydrogen) atoms. The van der Waals surface area contributed by atoms with Gasteiger partial charge in [0.15, 0.2) is 0 Å². The molecule has 110 valence electrons. The van der Waals surface area contributed by atoms with E-state index >= 15 is 0 Å². The van der Waals surface area contributed by atoms with Gasteiger partial charge in [-0.15, -0.1) is 0 Å².